The fourth-order valence-corrected chi connectivity index (χ4v) is 4.04. The van der Waals surface area contributed by atoms with Gasteiger partial charge in [0.1, 0.15) is 18.5 Å². The van der Waals surface area contributed by atoms with Gasteiger partial charge in [0.2, 0.25) is 5.91 Å². The molecule has 7 heteroatoms. The van der Waals surface area contributed by atoms with E-state index in [2.05, 4.69) is 42.7 Å². The molecular formula is C24H39N3O4. The van der Waals surface area contributed by atoms with E-state index < -0.39 is 6.10 Å². The van der Waals surface area contributed by atoms with Gasteiger partial charge in [-0.15, -0.1) is 0 Å². The second kappa shape index (κ2) is 10.8. The van der Waals surface area contributed by atoms with E-state index in [-0.39, 0.29) is 17.9 Å². The number of morpholine rings is 1. The van der Waals surface area contributed by atoms with E-state index in [1.807, 2.05) is 17.9 Å². The zero-order chi connectivity index (χ0) is 22.4. The highest BCUT2D eigenvalue weighted by Crippen LogP contribution is 2.27. The van der Waals surface area contributed by atoms with Crippen molar-refractivity contribution in [3.05, 3.63) is 29.3 Å². The van der Waals surface area contributed by atoms with Gasteiger partial charge < -0.3 is 19.5 Å². The summed E-state index contributed by atoms with van der Waals surface area (Å²) in [6.07, 6.45) is -0.558. The normalized spacial score (nSPS) is 20.0. The van der Waals surface area contributed by atoms with Gasteiger partial charge in [-0.3, -0.25) is 14.6 Å². The molecule has 0 aromatic heterocycles. The molecule has 0 bridgehead atoms. The first-order chi connectivity index (χ1) is 14.7. The Bertz CT molecular complexity index is 720. The van der Waals surface area contributed by atoms with Crippen molar-refractivity contribution in [3.63, 3.8) is 0 Å². The molecule has 3 rings (SSSR count). The van der Waals surface area contributed by atoms with Crippen molar-refractivity contribution >= 4 is 5.91 Å². The molecule has 31 heavy (non-hydrogen) atoms. The van der Waals surface area contributed by atoms with Gasteiger partial charge >= 0.3 is 0 Å². The summed E-state index contributed by atoms with van der Waals surface area (Å²) in [7, 11) is 0. The van der Waals surface area contributed by atoms with Gasteiger partial charge in [0.25, 0.3) is 0 Å². The molecule has 2 heterocycles. The highest BCUT2D eigenvalue weighted by atomic mass is 16.5. The van der Waals surface area contributed by atoms with Crippen molar-refractivity contribution in [1.29, 1.82) is 0 Å². The number of hydrogen-bond donors (Lipinski definition) is 1. The van der Waals surface area contributed by atoms with E-state index >= 15 is 0 Å². The number of rotatable bonds is 7. The number of piperazine rings is 1. The molecule has 2 aliphatic heterocycles. The summed E-state index contributed by atoms with van der Waals surface area (Å²) in [5, 5.41) is 10.5. The zero-order valence-electron chi connectivity index (χ0n) is 19.6. The summed E-state index contributed by atoms with van der Waals surface area (Å²) in [5.41, 5.74) is 2.47. The summed E-state index contributed by atoms with van der Waals surface area (Å²) in [6, 6.07) is 6.26. The topological polar surface area (TPSA) is 65.5 Å². The van der Waals surface area contributed by atoms with E-state index in [1.54, 1.807) is 0 Å². The summed E-state index contributed by atoms with van der Waals surface area (Å²) in [6.45, 7) is 16.0. The number of ether oxygens (including phenoxy) is 2. The average Bonchev–Trinajstić information content (AvgIpc) is 2.73. The molecule has 0 radical (unpaired) electrons. The van der Waals surface area contributed by atoms with Gasteiger partial charge in [-0.2, -0.15) is 0 Å². The predicted octanol–water partition coefficient (Wildman–Crippen LogP) is 1.51. The van der Waals surface area contributed by atoms with E-state index in [9.17, 15) is 9.90 Å². The van der Waals surface area contributed by atoms with Gasteiger partial charge in [-0.25, -0.2) is 0 Å². The minimum atomic E-state index is -0.558. The van der Waals surface area contributed by atoms with Crippen LogP contribution in [0.5, 0.6) is 5.75 Å². The van der Waals surface area contributed by atoms with E-state index in [4.69, 9.17) is 9.47 Å². The maximum atomic E-state index is 12.5. The molecular weight excluding hydrogens is 394 g/mol. The van der Waals surface area contributed by atoms with Crippen LogP contribution in [-0.2, 0) is 14.9 Å². The van der Waals surface area contributed by atoms with Crippen LogP contribution in [0.4, 0.5) is 0 Å². The standard InChI is InChI=1S/C24H39N3O4/c1-19-15-20(24(2,3)4)5-6-22(19)31-18-21(28)16-25-7-9-27(10-8-25)23(29)17-26-11-13-30-14-12-26/h5-6,15,21,28H,7-14,16-18H2,1-4H3/t21-/m0/s1. The van der Waals surface area contributed by atoms with E-state index in [1.165, 1.54) is 5.56 Å². The number of aliphatic hydroxyl groups is 1. The highest BCUT2D eigenvalue weighted by molar-refractivity contribution is 5.78. The van der Waals surface area contributed by atoms with Crippen LogP contribution >= 0.6 is 0 Å². The highest BCUT2D eigenvalue weighted by Gasteiger charge is 2.24. The van der Waals surface area contributed by atoms with Crippen molar-refractivity contribution in [1.82, 2.24) is 14.7 Å². The number of benzene rings is 1. The van der Waals surface area contributed by atoms with Gasteiger partial charge in [0.15, 0.2) is 0 Å². The fourth-order valence-electron chi connectivity index (χ4n) is 4.04. The van der Waals surface area contributed by atoms with Gasteiger partial charge in [-0.1, -0.05) is 32.9 Å². The molecule has 1 amide bonds. The Morgan fingerprint density at radius 3 is 2.39 bits per heavy atom. The second-order valence-corrected chi connectivity index (χ2v) is 9.77. The number of carbonyl (C=O) groups is 1. The first kappa shape index (κ1) is 24.0. The van der Waals surface area contributed by atoms with Crippen LogP contribution in [0.25, 0.3) is 0 Å². The Balaban J connectivity index is 1.38. The molecule has 1 atom stereocenters. The smallest absolute Gasteiger partial charge is 0.236 e. The lowest BCUT2D eigenvalue weighted by Crippen LogP contribution is -2.53. The number of aliphatic hydroxyl groups excluding tert-OH is 1. The number of amides is 1. The van der Waals surface area contributed by atoms with Gasteiger partial charge in [0.05, 0.1) is 19.8 Å². The van der Waals surface area contributed by atoms with Crippen molar-refractivity contribution in [2.75, 3.05) is 72.2 Å². The van der Waals surface area contributed by atoms with Crippen LogP contribution in [0.2, 0.25) is 0 Å². The monoisotopic (exact) mass is 433 g/mol. The molecule has 0 unspecified atom stereocenters. The number of β-amino-alcohol motifs (C(OH)–C–C–N with tert-alkyl or cyclic N) is 1. The first-order valence-electron chi connectivity index (χ1n) is 11.4. The van der Waals surface area contributed by atoms with Gasteiger partial charge in [-0.05, 0) is 29.5 Å². The molecule has 0 spiro atoms. The van der Waals surface area contributed by atoms with Crippen LogP contribution in [0.3, 0.4) is 0 Å². The quantitative estimate of drug-likeness (QED) is 0.703. The first-order valence-corrected chi connectivity index (χ1v) is 11.4. The molecule has 7 nitrogen and oxygen atoms in total. The molecule has 1 aromatic carbocycles. The van der Waals surface area contributed by atoms with Crippen LogP contribution in [0, 0.1) is 6.92 Å². The Hall–Kier alpha value is -1.67. The van der Waals surface area contributed by atoms with Gasteiger partial charge in [0, 0.05) is 45.8 Å². The molecule has 174 valence electrons. The minimum Gasteiger partial charge on any atom is -0.491 e. The fraction of sp³-hybridized carbons (Fsp3) is 0.708. The number of carbonyl (C=O) groups excluding carboxylic acids is 1. The zero-order valence-corrected chi connectivity index (χ0v) is 19.6. The van der Waals surface area contributed by atoms with E-state index in [0.29, 0.717) is 39.4 Å². The Morgan fingerprint density at radius 1 is 1.10 bits per heavy atom. The van der Waals surface area contributed by atoms with Crippen LogP contribution in [0.15, 0.2) is 18.2 Å². The Kier molecular flexibility index (Phi) is 8.33. The molecule has 2 aliphatic rings. The Labute approximate surface area is 186 Å². The van der Waals surface area contributed by atoms with Crippen molar-refractivity contribution in [2.45, 2.75) is 39.2 Å². The molecule has 1 N–H and O–H groups in total. The molecule has 1 aromatic rings. The maximum absolute atomic E-state index is 12.5. The second-order valence-electron chi connectivity index (χ2n) is 9.77. The van der Waals surface area contributed by atoms with Crippen molar-refractivity contribution < 1.29 is 19.4 Å². The summed E-state index contributed by atoms with van der Waals surface area (Å²) >= 11 is 0. The maximum Gasteiger partial charge on any atom is 0.236 e. The molecule has 0 saturated carbocycles. The third-order valence-electron chi connectivity index (χ3n) is 6.13. The summed E-state index contributed by atoms with van der Waals surface area (Å²) in [4.78, 5) is 18.8. The van der Waals surface area contributed by atoms with Crippen LogP contribution in [0.1, 0.15) is 31.9 Å². The summed E-state index contributed by atoms with van der Waals surface area (Å²) < 4.78 is 11.2. The van der Waals surface area contributed by atoms with Crippen molar-refractivity contribution in [2.24, 2.45) is 0 Å². The minimum absolute atomic E-state index is 0.106. The number of aryl methyl sites for hydroxylation is 1. The third-order valence-corrected chi connectivity index (χ3v) is 6.13. The molecule has 0 aliphatic carbocycles. The lowest BCUT2D eigenvalue weighted by molar-refractivity contribution is -0.135. The Morgan fingerprint density at radius 2 is 1.77 bits per heavy atom. The average molecular weight is 434 g/mol. The number of hydrogen-bond acceptors (Lipinski definition) is 6. The van der Waals surface area contributed by atoms with Crippen LogP contribution in [-0.4, -0.2) is 104 Å². The SMILES string of the molecule is Cc1cc(C(C)(C)C)ccc1OC[C@@H](O)CN1CCN(C(=O)CN2CCOCC2)CC1. The van der Waals surface area contributed by atoms with Crippen LogP contribution < -0.4 is 4.74 Å². The summed E-state index contributed by atoms with van der Waals surface area (Å²) in [5.74, 6) is 1.02. The number of nitrogens with zero attached hydrogens (tertiary/aromatic N) is 3. The molecule has 2 saturated heterocycles. The third kappa shape index (κ3) is 7.17. The largest absolute Gasteiger partial charge is 0.491 e. The predicted molar refractivity (Wildman–Crippen MR) is 122 cm³/mol. The molecule has 2 fully saturated rings. The van der Waals surface area contributed by atoms with Crippen molar-refractivity contribution in [3.8, 4) is 5.75 Å². The van der Waals surface area contributed by atoms with E-state index in [0.717, 1.165) is 37.5 Å². The lowest BCUT2D eigenvalue weighted by atomic mass is 9.86. The lowest BCUT2D eigenvalue weighted by Gasteiger charge is -2.37.